The van der Waals surface area contributed by atoms with Crippen molar-refractivity contribution in [3.05, 3.63) is 54.4 Å². The minimum Gasteiger partial charge on any atom is -0.487 e. The minimum atomic E-state index is -0.695. The van der Waals surface area contributed by atoms with Crippen molar-refractivity contribution in [2.24, 2.45) is 29.6 Å². The quantitative estimate of drug-likeness (QED) is 0.449. The highest BCUT2D eigenvalue weighted by Gasteiger charge is 2.56. The number of allylic oxidation sites excluding steroid dienone is 1. The molecule has 0 radical (unpaired) electrons. The molecule has 7 rings (SSSR count). The van der Waals surface area contributed by atoms with E-state index in [0.717, 1.165) is 52.8 Å². The monoisotopic (exact) mass is 459 g/mol. The molecule has 5 saturated carbocycles. The molecular formula is C31H38FNO. The Morgan fingerprint density at radius 2 is 1.68 bits per heavy atom. The summed E-state index contributed by atoms with van der Waals surface area (Å²) < 4.78 is 20.7. The molecule has 5 aliphatic rings. The van der Waals surface area contributed by atoms with Crippen LogP contribution in [0.4, 0.5) is 4.39 Å². The maximum Gasteiger partial charge on any atom is 0.123 e. The molecule has 2 nitrogen and oxygen atoms in total. The van der Waals surface area contributed by atoms with Crippen molar-refractivity contribution in [2.75, 3.05) is 0 Å². The number of aryl methyl sites for hydroxylation is 1. The molecule has 5 aliphatic carbocycles. The molecule has 0 amide bonds. The van der Waals surface area contributed by atoms with Crippen LogP contribution in [-0.4, -0.2) is 16.8 Å². The van der Waals surface area contributed by atoms with E-state index in [9.17, 15) is 4.39 Å². The first-order chi connectivity index (χ1) is 16.4. The zero-order valence-corrected chi connectivity index (χ0v) is 20.7. The lowest BCUT2D eigenvalue weighted by atomic mass is 9.50. The van der Waals surface area contributed by atoms with Crippen molar-refractivity contribution in [2.45, 2.75) is 83.4 Å². The van der Waals surface area contributed by atoms with Crippen LogP contribution in [-0.2, 0) is 0 Å². The van der Waals surface area contributed by atoms with Gasteiger partial charge in [0.05, 0.1) is 5.69 Å². The van der Waals surface area contributed by atoms with Crippen molar-refractivity contribution in [3.8, 4) is 16.9 Å². The van der Waals surface area contributed by atoms with Crippen molar-refractivity contribution < 1.29 is 9.13 Å². The molecule has 0 N–H and O–H groups in total. The Labute approximate surface area is 204 Å². The van der Waals surface area contributed by atoms with Crippen LogP contribution in [0.25, 0.3) is 16.7 Å². The molecule has 0 saturated heterocycles. The summed E-state index contributed by atoms with van der Waals surface area (Å²) in [5, 5.41) is 0. The van der Waals surface area contributed by atoms with Gasteiger partial charge in [-0.2, -0.15) is 0 Å². The number of nitrogens with zero attached hydrogens (tertiary/aromatic N) is 1. The SMILES string of the molecule is C=C(c1ccc(-c2ccc(OC3(C)C4CC5CC(C4)CC3C5)c(C)c2)cn1)C1CCCC(F)C1. The van der Waals surface area contributed by atoms with Crippen LogP contribution >= 0.6 is 0 Å². The molecule has 2 unspecified atom stereocenters. The highest BCUT2D eigenvalue weighted by molar-refractivity contribution is 5.68. The summed E-state index contributed by atoms with van der Waals surface area (Å²) in [7, 11) is 0. The molecule has 5 fully saturated rings. The molecule has 34 heavy (non-hydrogen) atoms. The van der Waals surface area contributed by atoms with Crippen LogP contribution in [0.15, 0.2) is 43.1 Å². The zero-order chi connectivity index (χ0) is 23.4. The largest absolute Gasteiger partial charge is 0.487 e. The van der Waals surface area contributed by atoms with E-state index >= 15 is 0 Å². The maximum atomic E-state index is 13.9. The third-order valence-electron chi connectivity index (χ3n) is 9.79. The van der Waals surface area contributed by atoms with Gasteiger partial charge in [0, 0.05) is 11.8 Å². The molecule has 2 atom stereocenters. The number of rotatable bonds is 5. The van der Waals surface area contributed by atoms with E-state index in [1.54, 1.807) is 0 Å². The first-order valence-corrected chi connectivity index (χ1v) is 13.5. The predicted molar refractivity (Wildman–Crippen MR) is 136 cm³/mol. The lowest BCUT2D eigenvalue weighted by Crippen LogP contribution is -2.59. The van der Waals surface area contributed by atoms with Gasteiger partial charge in [-0.05, 0) is 136 Å². The Balaban J connectivity index is 1.17. The van der Waals surface area contributed by atoms with E-state index in [2.05, 4.69) is 50.8 Å². The Bertz CT molecular complexity index is 1050. The molecule has 2 aromatic rings. The molecule has 4 bridgehead atoms. The van der Waals surface area contributed by atoms with E-state index < -0.39 is 6.17 Å². The van der Waals surface area contributed by atoms with Crippen LogP contribution in [0.2, 0.25) is 0 Å². The van der Waals surface area contributed by atoms with Crippen LogP contribution in [0.5, 0.6) is 5.75 Å². The first-order valence-electron chi connectivity index (χ1n) is 13.5. The number of hydrogen-bond donors (Lipinski definition) is 0. The minimum absolute atomic E-state index is 0.0129. The van der Waals surface area contributed by atoms with E-state index in [0.29, 0.717) is 24.7 Å². The lowest BCUT2D eigenvalue weighted by molar-refractivity contribution is -0.145. The second-order valence-electron chi connectivity index (χ2n) is 12.0. The van der Waals surface area contributed by atoms with Crippen molar-refractivity contribution in [1.29, 1.82) is 0 Å². The van der Waals surface area contributed by atoms with Crippen LogP contribution < -0.4 is 4.74 Å². The second-order valence-corrected chi connectivity index (χ2v) is 12.0. The summed E-state index contributed by atoms with van der Waals surface area (Å²) >= 11 is 0. The highest BCUT2D eigenvalue weighted by atomic mass is 19.1. The summed E-state index contributed by atoms with van der Waals surface area (Å²) in [6.07, 6.45) is 11.4. The average molecular weight is 460 g/mol. The number of benzene rings is 1. The zero-order valence-electron chi connectivity index (χ0n) is 20.7. The molecule has 3 heteroatoms. The van der Waals surface area contributed by atoms with Gasteiger partial charge in [0.15, 0.2) is 0 Å². The molecule has 0 spiro atoms. The fourth-order valence-electron chi connectivity index (χ4n) is 7.88. The standard InChI is InChI=1S/C31H38FNO/c1-19-11-24(25-7-9-29(33-18-25)20(2)23-5-4-6-28(32)17-23)8-10-30(19)34-31(3)26-13-21-12-22(15-26)16-27(31)14-21/h7-11,18,21-23,26-28H,2,4-6,12-17H2,1,3H3. The van der Waals surface area contributed by atoms with Gasteiger partial charge < -0.3 is 4.74 Å². The van der Waals surface area contributed by atoms with Crippen LogP contribution in [0.1, 0.15) is 76.0 Å². The number of halogens is 1. The number of alkyl halides is 1. The fourth-order valence-corrected chi connectivity index (χ4v) is 7.88. The second kappa shape index (κ2) is 8.50. The Hall–Kier alpha value is -2.16. The summed E-state index contributed by atoms with van der Waals surface area (Å²) in [6.45, 7) is 8.81. The molecule has 1 heterocycles. The van der Waals surface area contributed by atoms with E-state index in [4.69, 9.17) is 9.72 Å². The van der Waals surface area contributed by atoms with E-state index in [-0.39, 0.29) is 11.5 Å². The Morgan fingerprint density at radius 3 is 2.29 bits per heavy atom. The van der Waals surface area contributed by atoms with E-state index in [1.807, 2.05) is 6.20 Å². The molecule has 180 valence electrons. The number of pyridine rings is 1. The lowest BCUT2D eigenvalue weighted by Gasteiger charge is -2.59. The molecule has 1 aromatic heterocycles. The molecular weight excluding hydrogens is 421 g/mol. The van der Waals surface area contributed by atoms with Gasteiger partial charge in [0.25, 0.3) is 0 Å². The van der Waals surface area contributed by atoms with Crippen molar-refractivity contribution in [3.63, 3.8) is 0 Å². The van der Waals surface area contributed by atoms with Gasteiger partial charge in [-0.15, -0.1) is 0 Å². The third-order valence-corrected chi connectivity index (χ3v) is 9.79. The maximum absolute atomic E-state index is 13.9. The van der Waals surface area contributed by atoms with Crippen LogP contribution in [0, 0.1) is 36.5 Å². The number of hydrogen-bond acceptors (Lipinski definition) is 2. The summed E-state index contributed by atoms with van der Waals surface area (Å²) in [6, 6.07) is 10.7. The fraction of sp³-hybridized carbons (Fsp3) is 0.581. The van der Waals surface area contributed by atoms with Gasteiger partial charge in [-0.3, -0.25) is 4.98 Å². The summed E-state index contributed by atoms with van der Waals surface area (Å²) in [4.78, 5) is 4.71. The van der Waals surface area contributed by atoms with Gasteiger partial charge in [-0.1, -0.05) is 18.7 Å². The number of ether oxygens (including phenoxy) is 1. The van der Waals surface area contributed by atoms with Gasteiger partial charge >= 0.3 is 0 Å². The van der Waals surface area contributed by atoms with Crippen molar-refractivity contribution in [1.82, 2.24) is 4.98 Å². The first kappa shape index (κ1) is 22.3. The normalized spacial score (nSPS) is 36.4. The van der Waals surface area contributed by atoms with Crippen LogP contribution in [0.3, 0.4) is 0 Å². The number of aromatic nitrogens is 1. The van der Waals surface area contributed by atoms with Gasteiger partial charge in [0.2, 0.25) is 0 Å². The van der Waals surface area contributed by atoms with Gasteiger partial charge in [-0.25, -0.2) is 4.39 Å². The average Bonchev–Trinajstić information content (AvgIpc) is 2.83. The highest BCUT2D eigenvalue weighted by Crippen LogP contribution is 2.59. The van der Waals surface area contributed by atoms with E-state index in [1.165, 1.54) is 37.7 Å². The van der Waals surface area contributed by atoms with Crippen molar-refractivity contribution >= 4 is 5.57 Å². The summed E-state index contributed by atoms with van der Waals surface area (Å²) in [5.74, 6) is 4.58. The third kappa shape index (κ3) is 3.89. The predicted octanol–water partition coefficient (Wildman–Crippen LogP) is 8.19. The Morgan fingerprint density at radius 1 is 0.971 bits per heavy atom. The summed E-state index contributed by atoms with van der Waals surface area (Å²) in [5.41, 5.74) is 5.32. The smallest absolute Gasteiger partial charge is 0.123 e. The van der Waals surface area contributed by atoms with Gasteiger partial charge in [0.1, 0.15) is 17.5 Å². The molecule has 0 aliphatic heterocycles. The molecule has 1 aromatic carbocycles. The Kier molecular flexibility index (Phi) is 5.58. The topological polar surface area (TPSA) is 22.1 Å².